The molecule has 0 bridgehead atoms. The second-order valence-corrected chi connectivity index (χ2v) is 10.1. The molecule has 0 N–H and O–H groups in total. The Morgan fingerprint density at radius 2 is 1.50 bits per heavy atom. The average molecular weight is 333 g/mol. The van der Waals surface area contributed by atoms with Gasteiger partial charge in [0.25, 0.3) is 0 Å². The van der Waals surface area contributed by atoms with Crippen molar-refractivity contribution in [1.82, 2.24) is 0 Å². The van der Waals surface area contributed by atoms with E-state index < -0.39 is 7.26 Å². The molecule has 0 aliphatic rings. The average Bonchev–Trinajstić information content (AvgIpc) is 2.65. The van der Waals surface area contributed by atoms with Crippen LogP contribution in [0.25, 0.3) is 0 Å². The third-order valence-corrected chi connectivity index (χ3v) is 9.13. The second kappa shape index (κ2) is 8.44. The molecule has 1 nitrogen and oxygen atoms in total. The first-order chi connectivity index (χ1) is 11.6. The Balaban J connectivity index is 2.62. The maximum atomic E-state index is 5.67. The molecule has 122 valence electrons. The van der Waals surface area contributed by atoms with Crippen molar-refractivity contribution in [2.24, 2.45) is 4.99 Å². The van der Waals surface area contributed by atoms with Gasteiger partial charge < -0.3 is 0 Å². The zero-order valence-corrected chi connectivity index (χ0v) is 15.5. The summed E-state index contributed by atoms with van der Waals surface area (Å²) in [6.07, 6.45) is 11.4. The first-order valence-electron chi connectivity index (χ1n) is 8.01. The van der Waals surface area contributed by atoms with Crippen LogP contribution in [0.5, 0.6) is 0 Å². The maximum absolute atomic E-state index is 5.67. The molecule has 0 spiro atoms. The molecule has 2 aromatic carbocycles. The summed E-state index contributed by atoms with van der Waals surface area (Å²) < 4.78 is 0. The summed E-state index contributed by atoms with van der Waals surface area (Å²) in [5.41, 5.74) is 0.851. The van der Waals surface area contributed by atoms with Crippen molar-refractivity contribution >= 4 is 24.1 Å². The standard InChI is InChI=1S/C22H24NP/c1-5-20(16-17-23-3)18-19(2)24(4,21-12-8-6-9-13-21)22-14-10-7-11-15-22/h1,6-18,24H,2-4H3/b19-18+,20-16-,23-17+. The van der Waals surface area contributed by atoms with E-state index in [9.17, 15) is 0 Å². The Labute approximate surface area is 146 Å². The molecule has 0 aromatic heterocycles. The van der Waals surface area contributed by atoms with Crippen LogP contribution in [0, 0.1) is 12.3 Å². The quantitative estimate of drug-likeness (QED) is 0.337. The van der Waals surface area contributed by atoms with E-state index >= 15 is 0 Å². The van der Waals surface area contributed by atoms with Crippen LogP contribution in [0.15, 0.2) is 88.7 Å². The molecule has 0 fully saturated rings. The summed E-state index contributed by atoms with van der Waals surface area (Å²) in [4.78, 5) is 3.99. The summed E-state index contributed by atoms with van der Waals surface area (Å²) >= 11 is 0. The normalized spacial score (nSPS) is 13.8. The van der Waals surface area contributed by atoms with Gasteiger partial charge in [0.15, 0.2) is 0 Å². The SMILES string of the molecule is C#CC(=C/C=N/C)/C=C(\C)[PH](C)(c1ccccc1)c1ccccc1. The summed E-state index contributed by atoms with van der Waals surface area (Å²) in [6.45, 7) is 4.58. The molecule has 2 aromatic rings. The number of hydrogen-bond acceptors (Lipinski definition) is 1. The number of rotatable bonds is 5. The molecular weight excluding hydrogens is 309 g/mol. The second-order valence-electron chi connectivity index (χ2n) is 5.86. The van der Waals surface area contributed by atoms with E-state index in [1.165, 1.54) is 15.9 Å². The molecule has 0 amide bonds. The fourth-order valence-electron chi connectivity index (χ4n) is 2.84. The number of benzene rings is 2. The fourth-order valence-corrected chi connectivity index (χ4v) is 6.24. The van der Waals surface area contributed by atoms with Gasteiger partial charge in [-0.05, 0) is 0 Å². The van der Waals surface area contributed by atoms with Gasteiger partial charge in [0, 0.05) is 0 Å². The van der Waals surface area contributed by atoms with E-state index in [-0.39, 0.29) is 0 Å². The molecule has 0 saturated carbocycles. The monoisotopic (exact) mass is 333 g/mol. The van der Waals surface area contributed by atoms with Crippen molar-refractivity contribution in [3.63, 3.8) is 0 Å². The van der Waals surface area contributed by atoms with Gasteiger partial charge in [-0.1, -0.05) is 0 Å². The number of allylic oxidation sites excluding steroid dienone is 4. The Morgan fingerprint density at radius 3 is 1.92 bits per heavy atom. The molecule has 0 heterocycles. The van der Waals surface area contributed by atoms with Crippen molar-refractivity contribution in [3.8, 4) is 12.3 Å². The molecule has 0 aliphatic carbocycles. The van der Waals surface area contributed by atoms with Gasteiger partial charge in [-0.25, -0.2) is 0 Å². The van der Waals surface area contributed by atoms with Crippen LogP contribution >= 0.6 is 7.26 Å². The molecule has 0 radical (unpaired) electrons. The zero-order chi connectivity index (χ0) is 17.4. The third kappa shape index (κ3) is 3.91. The minimum atomic E-state index is -2.04. The third-order valence-electron chi connectivity index (χ3n) is 4.43. The van der Waals surface area contributed by atoms with Gasteiger partial charge in [-0.3, -0.25) is 0 Å². The van der Waals surface area contributed by atoms with Crippen LogP contribution in [0.3, 0.4) is 0 Å². The first kappa shape index (κ1) is 17.9. The van der Waals surface area contributed by atoms with Gasteiger partial charge >= 0.3 is 146 Å². The van der Waals surface area contributed by atoms with Gasteiger partial charge in [0.2, 0.25) is 0 Å². The Morgan fingerprint density at radius 1 is 1.00 bits per heavy atom. The van der Waals surface area contributed by atoms with Crippen LogP contribution < -0.4 is 10.6 Å². The summed E-state index contributed by atoms with van der Waals surface area (Å²) in [5, 5.41) is 4.09. The summed E-state index contributed by atoms with van der Waals surface area (Å²) in [7, 11) is -0.299. The Hall–Kier alpha value is -2.42. The van der Waals surface area contributed by atoms with E-state index in [0.29, 0.717) is 0 Å². The van der Waals surface area contributed by atoms with E-state index in [1.54, 1.807) is 13.3 Å². The van der Waals surface area contributed by atoms with E-state index in [2.05, 4.69) is 91.2 Å². The van der Waals surface area contributed by atoms with Crippen molar-refractivity contribution in [3.05, 3.63) is 83.7 Å². The van der Waals surface area contributed by atoms with Gasteiger partial charge in [0.05, 0.1) is 0 Å². The molecular formula is C22H24NP. The number of terminal acetylenes is 1. The van der Waals surface area contributed by atoms with Crippen LogP contribution in [0.1, 0.15) is 6.92 Å². The molecule has 2 rings (SSSR count). The molecule has 0 atom stereocenters. The Bertz CT molecular complexity index is 753. The predicted octanol–water partition coefficient (Wildman–Crippen LogP) is 4.18. The summed E-state index contributed by atoms with van der Waals surface area (Å²) in [5.74, 6) is 2.76. The van der Waals surface area contributed by atoms with Gasteiger partial charge in [0.1, 0.15) is 0 Å². The van der Waals surface area contributed by atoms with Crippen LogP contribution in [-0.2, 0) is 0 Å². The van der Waals surface area contributed by atoms with Crippen molar-refractivity contribution in [1.29, 1.82) is 0 Å². The van der Waals surface area contributed by atoms with Crippen molar-refractivity contribution in [2.75, 3.05) is 13.7 Å². The van der Waals surface area contributed by atoms with Crippen molar-refractivity contribution in [2.45, 2.75) is 6.92 Å². The van der Waals surface area contributed by atoms with E-state index in [4.69, 9.17) is 6.42 Å². The van der Waals surface area contributed by atoms with E-state index in [1.807, 2.05) is 6.08 Å². The Kier molecular flexibility index (Phi) is 6.30. The number of aliphatic imine (C=N–C) groups is 1. The van der Waals surface area contributed by atoms with Crippen LogP contribution in [0.4, 0.5) is 0 Å². The predicted molar refractivity (Wildman–Crippen MR) is 111 cm³/mol. The van der Waals surface area contributed by atoms with Gasteiger partial charge in [-0.2, -0.15) is 0 Å². The minimum absolute atomic E-state index is 0.851. The molecule has 0 aliphatic heterocycles. The number of hydrogen-bond donors (Lipinski definition) is 0. The molecule has 24 heavy (non-hydrogen) atoms. The van der Waals surface area contributed by atoms with Gasteiger partial charge in [-0.15, -0.1) is 0 Å². The number of nitrogens with zero attached hydrogens (tertiary/aromatic N) is 1. The zero-order valence-electron chi connectivity index (χ0n) is 14.5. The topological polar surface area (TPSA) is 12.4 Å². The molecule has 0 unspecified atom stereocenters. The van der Waals surface area contributed by atoms with E-state index in [0.717, 1.165) is 5.57 Å². The molecule has 2 heteroatoms. The fraction of sp³-hybridized carbons (Fsp3) is 0.136. The van der Waals surface area contributed by atoms with Crippen LogP contribution in [-0.4, -0.2) is 19.9 Å². The summed E-state index contributed by atoms with van der Waals surface area (Å²) in [6, 6.07) is 21.5. The van der Waals surface area contributed by atoms with Crippen molar-refractivity contribution < 1.29 is 0 Å². The first-order valence-corrected chi connectivity index (χ1v) is 10.5. The van der Waals surface area contributed by atoms with Crippen LogP contribution in [0.2, 0.25) is 0 Å². The molecule has 0 saturated heterocycles.